The number of piperidine rings is 1. The average molecular weight is 356 g/mol. The lowest BCUT2D eigenvalue weighted by atomic mass is 9.96. The number of hydrogen-bond donors (Lipinski definition) is 1. The summed E-state index contributed by atoms with van der Waals surface area (Å²) in [5.41, 5.74) is 0.793. The number of amides is 1. The summed E-state index contributed by atoms with van der Waals surface area (Å²) in [4.78, 5) is 23.0. The van der Waals surface area contributed by atoms with Crippen molar-refractivity contribution in [3.05, 3.63) is 36.7 Å². The van der Waals surface area contributed by atoms with Crippen molar-refractivity contribution in [2.24, 2.45) is 5.92 Å². The summed E-state index contributed by atoms with van der Waals surface area (Å²) in [5, 5.41) is 3.00. The molecule has 0 spiro atoms. The molecule has 0 unspecified atom stereocenters. The van der Waals surface area contributed by atoms with Gasteiger partial charge in [0.1, 0.15) is 17.9 Å². The normalized spacial score (nSPS) is 14.8. The monoisotopic (exact) mass is 356 g/mol. The topological polar surface area (TPSA) is 76.6 Å². The average Bonchev–Trinajstić information content (AvgIpc) is 2.70. The van der Waals surface area contributed by atoms with Crippen LogP contribution in [0.1, 0.15) is 19.8 Å². The van der Waals surface area contributed by atoms with Crippen molar-refractivity contribution < 1.29 is 14.3 Å². The molecule has 2 heterocycles. The molecule has 1 amide bonds. The summed E-state index contributed by atoms with van der Waals surface area (Å²) in [6.07, 6.45) is 3.07. The summed E-state index contributed by atoms with van der Waals surface area (Å²) in [6.45, 7) is 4.13. The number of ether oxygens (including phenoxy) is 2. The largest absolute Gasteiger partial charge is 0.494 e. The Bertz CT molecular complexity index is 728. The Kier molecular flexibility index (Phi) is 5.88. The number of rotatable bonds is 6. The summed E-state index contributed by atoms with van der Waals surface area (Å²) < 4.78 is 10.6. The van der Waals surface area contributed by atoms with Gasteiger partial charge in [0.2, 0.25) is 11.8 Å². The van der Waals surface area contributed by atoms with E-state index in [1.165, 1.54) is 6.33 Å². The molecule has 1 fully saturated rings. The van der Waals surface area contributed by atoms with Crippen molar-refractivity contribution in [1.82, 2.24) is 9.97 Å². The number of anilines is 2. The maximum Gasteiger partial charge on any atom is 0.227 e. The van der Waals surface area contributed by atoms with Crippen LogP contribution in [0.3, 0.4) is 0 Å². The van der Waals surface area contributed by atoms with Gasteiger partial charge in [0.25, 0.3) is 0 Å². The molecule has 1 aromatic carbocycles. The van der Waals surface area contributed by atoms with Gasteiger partial charge in [-0.05, 0) is 44.0 Å². The van der Waals surface area contributed by atoms with Gasteiger partial charge in [-0.1, -0.05) is 0 Å². The Morgan fingerprint density at radius 2 is 1.96 bits per heavy atom. The molecule has 7 heteroatoms. The Hall–Kier alpha value is -2.83. The number of nitrogens with zero attached hydrogens (tertiary/aromatic N) is 3. The summed E-state index contributed by atoms with van der Waals surface area (Å²) >= 11 is 0. The van der Waals surface area contributed by atoms with E-state index in [4.69, 9.17) is 9.47 Å². The van der Waals surface area contributed by atoms with E-state index in [9.17, 15) is 4.79 Å². The number of benzene rings is 1. The predicted molar refractivity (Wildman–Crippen MR) is 99.8 cm³/mol. The van der Waals surface area contributed by atoms with Crippen LogP contribution in [0.5, 0.6) is 11.6 Å². The van der Waals surface area contributed by atoms with E-state index < -0.39 is 0 Å². The van der Waals surface area contributed by atoms with Gasteiger partial charge in [0.15, 0.2) is 0 Å². The third kappa shape index (κ3) is 4.41. The maximum atomic E-state index is 12.5. The number of methoxy groups -OCH3 is 1. The Balaban J connectivity index is 1.53. The van der Waals surface area contributed by atoms with Gasteiger partial charge in [-0.2, -0.15) is 0 Å². The third-order valence-corrected chi connectivity index (χ3v) is 4.46. The van der Waals surface area contributed by atoms with Crippen LogP contribution in [0.2, 0.25) is 0 Å². The molecule has 26 heavy (non-hydrogen) atoms. The molecule has 0 bridgehead atoms. The molecule has 1 saturated heterocycles. The minimum atomic E-state index is 0.00144. The summed E-state index contributed by atoms with van der Waals surface area (Å²) in [5.74, 6) is 2.25. The van der Waals surface area contributed by atoms with Crippen LogP contribution in [0.15, 0.2) is 36.7 Å². The van der Waals surface area contributed by atoms with Gasteiger partial charge in [-0.25, -0.2) is 9.97 Å². The maximum absolute atomic E-state index is 12.5. The van der Waals surface area contributed by atoms with Crippen LogP contribution in [0, 0.1) is 5.92 Å². The Morgan fingerprint density at radius 1 is 1.23 bits per heavy atom. The molecule has 1 N–H and O–H groups in total. The van der Waals surface area contributed by atoms with Crippen molar-refractivity contribution in [2.45, 2.75) is 19.8 Å². The van der Waals surface area contributed by atoms with Crippen molar-refractivity contribution in [1.29, 1.82) is 0 Å². The molecule has 1 aliphatic rings. The van der Waals surface area contributed by atoms with Gasteiger partial charge < -0.3 is 19.7 Å². The first-order valence-electron chi connectivity index (χ1n) is 8.84. The SMILES string of the molecule is CCOc1ccc(NC(=O)C2CCN(c3cc(OC)ncn3)CC2)cc1. The van der Waals surface area contributed by atoms with E-state index in [1.807, 2.05) is 37.3 Å². The third-order valence-electron chi connectivity index (χ3n) is 4.46. The molecule has 3 rings (SSSR count). The second kappa shape index (κ2) is 8.51. The second-order valence-corrected chi connectivity index (χ2v) is 6.13. The van der Waals surface area contributed by atoms with E-state index in [-0.39, 0.29) is 11.8 Å². The van der Waals surface area contributed by atoms with Crippen LogP contribution in [0.25, 0.3) is 0 Å². The zero-order chi connectivity index (χ0) is 18.4. The zero-order valence-electron chi connectivity index (χ0n) is 15.1. The van der Waals surface area contributed by atoms with Crippen molar-refractivity contribution in [2.75, 3.05) is 37.0 Å². The summed E-state index contributed by atoms with van der Waals surface area (Å²) in [7, 11) is 1.59. The highest BCUT2D eigenvalue weighted by Gasteiger charge is 2.26. The minimum Gasteiger partial charge on any atom is -0.494 e. The van der Waals surface area contributed by atoms with E-state index in [2.05, 4.69) is 20.2 Å². The molecule has 0 atom stereocenters. The van der Waals surface area contributed by atoms with E-state index in [0.29, 0.717) is 12.5 Å². The molecule has 2 aromatic rings. The van der Waals surface area contributed by atoms with Crippen LogP contribution in [-0.4, -0.2) is 42.7 Å². The van der Waals surface area contributed by atoms with Crippen LogP contribution in [-0.2, 0) is 4.79 Å². The molecular weight excluding hydrogens is 332 g/mol. The van der Waals surface area contributed by atoms with Crippen LogP contribution in [0.4, 0.5) is 11.5 Å². The molecule has 7 nitrogen and oxygen atoms in total. The van der Waals surface area contributed by atoms with Crippen molar-refractivity contribution in [3.8, 4) is 11.6 Å². The molecule has 1 aromatic heterocycles. The second-order valence-electron chi connectivity index (χ2n) is 6.13. The first-order chi connectivity index (χ1) is 12.7. The van der Waals surface area contributed by atoms with E-state index in [0.717, 1.165) is 43.2 Å². The van der Waals surface area contributed by atoms with Crippen LogP contribution < -0.4 is 19.7 Å². The lowest BCUT2D eigenvalue weighted by Gasteiger charge is -2.32. The Labute approximate surface area is 153 Å². The highest BCUT2D eigenvalue weighted by Crippen LogP contribution is 2.25. The lowest BCUT2D eigenvalue weighted by Crippen LogP contribution is -2.38. The molecule has 1 aliphatic heterocycles. The zero-order valence-corrected chi connectivity index (χ0v) is 15.1. The number of hydrogen-bond acceptors (Lipinski definition) is 6. The fourth-order valence-electron chi connectivity index (χ4n) is 3.03. The number of nitrogens with one attached hydrogen (secondary N) is 1. The highest BCUT2D eigenvalue weighted by atomic mass is 16.5. The fraction of sp³-hybridized carbons (Fsp3) is 0.421. The van der Waals surface area contributed by atoms with Gasteiger partial charge in [-0.3, -0.25) is 4.79 Å². The lowest BCUT2D eigenvalue weighted by molar-refractivity contribution is -0.120. The van der Waals surface area contributed by atoms with E-state index in [1.54, 1.807) is 7.11 Å². The minimum absolute atomic E-state index is 0.00144. The van der Waals surface area contributed by atoms with Crippen molar-refractivity contribution >= 4 is 17.4 Å². The van der Waals surface area contributed by atoms with Gasteiger partial charge >= 0.3 is 0 Å². The first kappa shape index (κ1) is 18.0. The summed E-state index contributed by atoms with van der Waals surface area (Å²) in [6, 6.07) is 9.28. The number of carbonyl (C=O) groups excluding carboxylic acids is 1. The highest BCUT2D eigenvalue weighted by molar-refractivity contribution is 5.92. The molecular formula is C19H24N4O3. The number of carbonyl (C=O) groups is 1. The van der Waals surface area contributed by atoms with Gasteiger partial charge in [-0.15, -0.1) is 0 Å². The van der Waals surface area contributed by atoms with E-state index >= 15 is 0 Å². The van der Waals surface area contributed by atoms with Gasteiger partial charge in [0.05, 0.1) is 13.7 Å². The smallest absolute Gasteiger partial charge is 0.227 e. The number of aromatic nitrogens is 2. The first-order valence-corrected chi connectivity index (χ1v) is 8.84. The molecule has 0 saturated carbocycles. The van der Waals surface area contributed by atoms with Gasteiger partial charge in [0, 0.05) is 30.8 Å². The van der Waals surface area contributed by atoms with Crippen molar-refractivity contribution in [3.63, 3.8) is 0 Å². The predicted octanol–water partition coefficient (Wildman–Crippen LogP) is 2.74. The molecule has 0 aliphatic carbocycles. The molecule has 0 radical (unpaired) electrons. The standard InChI is InChI=1S/C19H24N4O3/c1-3-26-16-6-4-15(5-7-16)22-19(24)14-8-10-23(11-9-14)17-12-18(25-2)21-13-20-17/h4-7,12-14H,3,8-11H2,1-2H3,(H,22,24). The van der Waals surface area contributed by atoms with Crippen LogP contribution >= 0.6 is 0 Å². The quantitative estimate of drug-likeness (QED) is 0.858. The molecule has 138 valence electrons. The Morgan fingerprint density at radius 3 is 2.62 bits per heavy atom. The fourth-order valence-corrected chi connectivity index (χ4v) is 3.03.